The Labute approximate surface area is 116 Å². The molecule has 7 heteroatoms. The number of aliphatic hydroxyl groups is 1. The second kappa shape index (κ2) is 5.10. The van der Waals surface area contributed by atoms with Gasteiger partial charge in [0.2, 0.25) is 10.0 Å². The van der Waals surface area contributed by atoms with E-state index in [-0.39, 0.29) is 22.0 Å². The molecular weight excluding hydrogens is 288 g/mol. The van der Waals surface area contributed by atoms with E-state index in [1.54, 1.807) is 0 Å². The number of hydrogen-bond acceptors (Lipinski definition) is 4. The third-order valence-electron chi connectivity index (χ3n) is 3.23. The molecule has 0 radical (unpaired) electrons. The molecule has 5 nitrogen and oxygen atoms in total. The van der Waals surface area contributed by atoms with Gasteiger partial charge in [0.25, 0.3) is 0 Å². The molecule has 0 saturated heterocycles. The molecule has 1 aliphatic rings. The first-order chi connectivity index (χ1) is 8.86. The zero-order chi connectivity index (χ0) is 14.1. The normalized spacial score (nSPS) is 17.5. The molecule has 0 unspecified atom stereocenters. The summed E-state index contributed by atoms with van der Waals surface area (Å²) < 4.78 is 26.6. The summed E-state index contributed by atoms with van der Waals surface area (Å²) in [6.07, 6.45) is 2.05. The fourth-order valence-corrected chi connectivity index (χ4v) is 3.42. The first kappa shape index (κ1) is 14.3. The van der Waals surface area contributed by atoms with Crippen LogP contribution < -0.4 is 4.72 Å². The van der Waals surface area contributed by atoms with Gasteiger partial charge in [-0.25, -0.2) is 13.1 Å². The van der Waals surface area contributed by atoms with Crippen LogP contribution in [0.15, 0.2) is 23.1 Å². The molecule has 1 aromatic carbocycles. The number of rotatable bonds is 4. The molecule has 0 bridgehead atoms. The number of halogens is 1. The molecule has 1 aliphatic carbocycles. The molecule has 2 N–H and O–H groups in total. The van der Waals surface area contributed by atoms with Gasteiger partial charge < -0.3 is 5.11 Å². The Morgan fingerprint density at radius 3 is 2.68 bits per heavy atom. The molecule has 0 atom stereocenters. The van der Waals surface area contributed by atoms with Gasteiger partial charge in [-0.3, -0.25) is 0 Å². The molecule has 0 amide bonds. The minimum Gasteiger partial charge on any atom is -0.389 e. The van der Waals surface area contributed by atoms with Crippen molar-refractivity contribution in [1.29, 1.82) is 5.26 Å². The molecule has 1 aromatic rings. The number of hydrogen-bond donors (Lipinski definition) is 2. The largest absolute Gasteiger partial charge is 0.389 e. The van der Waals surface area contributed by atoms with Gasteiger partial charge in [0.1, 0.15) is 11.0 Å². The van der Waals surface area contributed by atoms with Gasteiger partial charge in [0.05, 0.1) is 11.2 Å². The maximum Gasteiger partial charge on any atom is 0.242 e. The highest BCUT2D eigenvalue weighted by molar-refractivity contribution is 7.89. The molecule has 0 aromatic heterocycles. The first-order valence-electron chi connectivity index (χ1n) is 5.78. The fourth-order valence-electron chi connectivity index (χ4n) is 1.88. The topological polar surface area (TPSA) is 90.2 Å². The van der Waals surface area contributed by atoms with E-state index in [0.717, 1.165) is 6.42 Å². The van der Waals surface area contributed by atoms with Gasteiger partial charge in [-0.15, -0.1) is 0 Å². The van der Waals surface area contributed by atoms with Crippen LogP contribution in [0, 0.1) is 11.3 Å². The zero-order valence-electron chi connectivity index (χ0n) is 10.1. The maximum atomic E-state index is 12.1. The number of sulfonamides is 1. The summed E-state index contributed by atoms with van der Waals surface area (Å²) in [5, 5.41) is 19.0. The Bertz CT molecular complexity index is 633. The number of nitriles is 1. The summed E-state index contributed by atoms with van der Waals surface area (Å²) in [5.74, 6) is 0. The second-order valence-corrected chi connectivity index (χ2v) is 6.83. The van der Waals surface area contributed by atoms with Crippen molar-refractivity contribution in [2.24, 2.45) is 0 Å². The second-order valence-electron chi connectivity index (χ2n) is 4.65. The van der Waals surface area contributed by atoms with Crippen LogP contribution in [0.4, 0.5) is 0 Å². The molecule has 0 aliphatic heterocycles. The third-order valence-corrected chi connectivity index (χ3v) is 4.91. The molecule has 0 spiro atoms. The standard InChI is InChI=1S/C12H13ClN2O3S/c13-10-3-2-9(7-14)11(6-10)19(17,18)15-8-12(16)4-1-5-12/h2-3,6,15-16H,1,4-5,8H2. The van der Waals surface area contributed by atoms with Gasteiger partial charge in [-0.2, -0.15) is 5.26 Å². The Morgan fingerprint density at radius 1 is 1.47 bits per heavy atom. The highest BCUT2D eigenvalue weighted by Gasteiger charge is 2.35. The van der Waals surface area contributed by atoms with Gasteiger partial charge >= 0.3 is 0 Å². The average molecular weight is 301 g/mol. The summed E-state index contributed by atoms with van der Waals surface area (Å²) in [6.45, 7) is -0.0489. The van der Waals surface area contributed by atoms with E-state index < -0.39 is 15.6 Å². The minimum atomic E-state index is -3.85. The molecule has 2 rings (SSSR count). The Morgan fingerprint density at radius 2 is 2.16 bits per heavy atom. The van der Waals surface area contributed by atoms with Gasteiger partial charge in [0.15, 0.2) is 0 Å². The lowest BCUT2D eigenvalue weighted by atomic mass is 9.81. The van der Waals surface area contributed by atoms with Crippen LogP contribution in [0.5, 0.6) is 0 Å². The van der Waals surface area contributed by atoms with Crippen LogP contribution in [0.3, 0.4) is 0 Å². The van der Waals surface area contributed by atoms with Crippen molar-refractivity contribution in [3.8, 4) is 6.07 Å². The van der Waals surface area contributed by atoms with Crippen LogP contribution >= 0.6 is 11.6 Å². The van der Waals surface area contributed by atoms with Crippen LogP contribution in [-0.4, -0.2) is 25.7 Å². The summed E-state index contributed by atoms with van der Waals surface area (Å²) in [4.78, 5) is -0.162. The smallest absolute Gasteiger partial charge is 0.242 e. The fraction of sp³-hybridized carbons (Fsp3) is 0.417. The third kappa shape index (κ3) is 3.07. The van der Waals surface area contributed by atoms with E-state index in [1.807, 2.05) is 6.07 Å². The lowest BCUT2D eigenvalue weighted by Gasteiger charge is -2.36. The van der Waals surface area contributed by atoms with Crippen molar-refractivity contribution in [1.82, 2.24) is 4.72 Å². The predicted octanol–water partition coefficient (Wildman–Crippen LogP) is 1.40. The summed E-state index contributed by atoms with van der Waals surface area (Å²) in [6, 6.07) is 5.86. The van der Waals surface area contributed by atoms with Crippen molar-refractivity contribution in [3.05, 3.63) is 28.8 Å². The van der Waals surface area contributed by atoms with Crippen molar-refractivity contribution in [3.63, 3.8) is 0 Å². The first-order valence-corrected chi connectivity index (χ1v) is 7.64. The molecule has 0 heterocycles. The SMILES string of the molecule is N#Cc1ccc(Cl)cc1S(=O)(=O)NCC1(O)CCC1. The van der Waals surface area contributed by atoms with E-state index in [1.165, 1.54) is 18.2 Å². The van der Waals surface area contributed by atoms with Crippen molar-refractivity contribution >= 4 is 21.6 Å². The molecular formula is C12H13ClN2O3S. The van der Waals surface area contributed by atoms with E-state index in [4.69, 9.17) is 16.9 Å². The lowest BCUT2D eigenvalue weighted by molar-refractivity contribution is -0.0270. The van der Waals surface area contributed by atoms with Crippen molar-refractivity contribution < 1.29 is 13.5 Å². The van der Waals surface area contributed by atoms with E-state index in [9.17, 15) is 13.5 Å². The molecule has 102 valence electrons. The Kier molecular flexibility index (Phi) is 3.83. The van der Waals surface area contributed by atoms with E-state index in [0.29, 0.717) is 12.8 Å². The number of nitrogens with one attached hydrogen (secondary N) is 1. The molecule has 1 saturated carbocycles. The summed E-state index contributed by atoms with van der Waals surface area (Å²) in [5.41, 5.74) is -0.934. The van der Waals surface area contributed by atoms with Crippen molar-refractivity contribution in [2.75, 3.05) is 6.54 Å². The highest BCUT2D eigenvalue weighted by atomic mass is 35.5. The Balaban J connectivity index is 2.24. The molecule has 19 heavy (non-hydrogen) atoms. The van der Waals surface area contributed by atoms with Crippen LogP contribution in [0.1, 0.15) is 24.8 Å². The van der Waals surface area contributed by atoms with E-state index in [2.05, 4.69) is 4.72 Å². The minimum absolute atomic E-state index is 0.0255. The highest BCUT2D eigenvalue weighted by Crippen LogP contribution is 2.31. The van der Waals surface area contributed by atoms with Gasteiger partial charge in [0, 0.05) is 11.6 Å². The number of nitrogens with zero attached hydrogens (tertiary/aromatic N) is 1. The predicted molar refractivity (Wildman–Crippen MR) is 70.2 cm³/mol. The summed E-state index contributed by atoms with van der Waals surface area (Å²) in [7, 11) is -3.85. The van der Waals surface area contributed by atoms with Crippen LogP contribution in [-0.2, 0) is 10.0 Å². The van der Waals surface area contributed by atoms with E-state index >= 15 is 0 Å². The average Bonchev–Trinajstić information content (AvgIpc) is 2.34. The lowest BCUT2D eigenvalue weighted by Crippen LogP contribution is -2.47. The monoisotopic (exact) mass is 300 g/mol. The maximum absolute atomic E-state index is 12.1. The van der Waals surface area contributed by atoms with Crippen LogP contribution in [0.25, 0.3) is 0 Å². The van der Waals surface area contributed by atoms with Crippen molar-refractivity contribution in [2.45, 2.75) is 29.8 Å². The molecule has 1 fully saturated rings. The number of benzene rings is 1. The summed E-state index contributed by atoms with van der Waals surface area (Å²) >= 11 is 5.76. The van der Waals surface area contributed by atoms with Gasteiger partial charge in [-0.1, -0.05) is 11.6 Å². The Hall–Kier alpha value is -1.13. The van der Waals surface area contributed by atoms with Crippen LogP contribution in [0.2, 0.25) is 5.02 Å². The zero-order valence-corrected chi connectivity index (χ0v) is 11.6. The quantitative estimate of drug-likeness (QED) is 0.879. The van der Waals surface area contributed by atoms with Gasteiger partial charge in [-0.05, 0) is 37.5 Å².